The number of hydrogen-bond acceptors (Lipinski definition) is 3. The molecule has 2 rings (SSSR count). The summed E-state index contributed by atoms with van der Waals surface area (Å²) in [7, 11) is 0. The van der Waals surface area contributed by atoms with Crippen LogP contribution in [0.1, 0.15) is 25.6 Å². The number of rotatable bonds is 2. The van der Waals surface area contributed by atoms with E-state index in [4.69, 9.17) is 0 Å². The molecule has 0 fully saturated rings. The second-order valence-electron chi connectivity index (χ2n) is 5.25. The van der Waals surface area contributed by atoms with Crippen LogP contribution in [0.25, 0.3) is 11.3 Å². The number of nitrogens with zero attached hydrogens (tertiary/aromatic N) is 2. The molecule has 0 aromatic carbocycles. The van der Waals surface area contributed by atoms with Crippen LogP contribution in [0.15, 0.2) is 24.0 Å². The van der Waals surface area contributed by atoms with Crippen LogP contribution in [0, 0.1) is 11.2 Å². The van der Waals surface area contributed by atoms with Crippen LogP contribution in [-0.4, -0.2) is 9.97 Å². The molecule has 0 amide bonds. The topological polar surface area (TPSA) is 25.8 Å². The lowest BCUT2D eigenvalue weighted by Gasteiger charge is -2.17. The van der Waals surface area contributed by atoms with Gasteiger partial charge in [0.1, 0.15) is 5.82 Å². The van der Waals surface area contributed by atoms with E-state index in [0.717, 1.165) is 17.7 Å². The Morgan fingerprint density at radius 2 is 2.06 bits per heavy atom. The summed E-state index contributed by atoms with van der Waals surface area (Å²) in [6.07, 6.45) is 3.80. The van der Waals surface area contributed by atoms with Gasteiger partial charge in [0.25, 0.3) is 0 Å². The molecule has 2 heterocycles. The Kier molecular flexibility index (Phi) is 3.24. The van der Waals surface area contributed by atoms with Crippen LogP contribution < -0.4 is 0 Å². The van der Waals surface area contributed by atoms with Crippen LogP contribution in [0.4, 0.5) is 4.39 Å². The lowest BCUT2D eigenvalue weighted by Crippen LogP contribution is -2.08. The third kappa shape index (κ3) is 3.09. The molecule has 0 saturated carbocycles. The Bertz CT molecular complexity index is 514. The lowest BCUT2D eigenvalue weighted by molar-refractivity contribution is 0.415. The minimum absolute atomic E-state index is 0.196. The van der Waals surface area contributed by atoms with E-state index in [2.05, 4.69) is 30.7 Å². The van der Waals surface area contributed by atoms with Crippen LogP contribution >= 0.6 is 11.3 Å². The van der Waals surface area contributed by atoms with Gasteiger partial charge in [0.05, 0.1) is 17.4 Å². The van der Waals surface area contributed by atoms with Crippen LogP contribution in [0.2, 0.25) is 0 Å². The SMILES string of the molecule is CC(C)(C)Cc1scnc1-c1cncc(F)c1. The summed E-state index contributed by atoms with van der Waals surface area (Å²) in [5.74, 6) is -0.322. The van der Waals surface area contributed by atoms with Gasteiger partial charge in [0, 0.05) is 16.6 Å². The van der Waals surface area contributed by atoms with Crippen molar-refractivity contribution in [3.8, 4) is 11.3 Å². The van der Waals surface area contributed by atoms with Crippen LogP contribution in [-0.2, 0) is 6.42 Å². The summed E-state index contributed by atoms with van der Waals surface area (Å²) >= 11 is 1.62. The monoisotopic (exact) mass is 250 g/mol. The third-order valence-electron chi connectivity index (χ3n) is 2.31. The fourth-order valence-electron chi connectivity index (χ4n) is 1.65. The van der Waals surface area contributed by atoms with E-state index in [0.29, 0.717) is 0 Å². The highest BCUT2D eigenvalue weighted by atomic mass is 32.1. The van der Waals surface area contributed by atoms with E-state index in [1.165, 1.54) is 17.1 Å². The molecule has 0 aliphatic rings. The zero-order chi connectivity index (χ0) is 12.5. The Morgan fingerprint density at radius 1 is 1.29 bits per heavy atom. The highest BCUT2D eigenvalue weighted by molar-refractivity contribution is 7.10. The molecule has 0 spiro atoms. The molecule has 0 aliphatic carbocycles. The van der Waals surface area contributed by atoms with Gasteiger partial charge in [-0.2, -0.15) is 0 Å². The van der Waals surface area contributed by atoms with Crippen molar-refractivity contribution < 1.29 is 4.39 Å². The van der Waals surface area contributed by atoms with Crippen LogP contribution in [0.3, 0.4) is 0 Å². The molecule has 4 heteroatoms. The molecular formula is C13H15FN2S. The molecule has 0 saturated heterocycles. The molecule has 2 aromatic heterocycles. The molecule has 2 aromatic rings. The summed E-state index contributed by atoms with van der Waals surface area (Å²) in [5.41, 5.74) is 3.62. The molecular weight excluding hydrogens is 235 g/mol. The van der Waals surface area contributed by atoms with Gasteiger partial charge in [-0.1, -0.05) is 20.8 Å². The fourth-order valence-corrected chi connectivity index (χ4v) is 2.74. The first-order valence-electron chi connectivity index (χ1n) is 5.49. The highest BCUT2D eigenvalue weighted by Crippen LogP contribution is 2.31. The summed E-state index contributed by atoms with van der Waals surface area (Å²) in [4.78, 5) is 9.38. The fraction of sp³-hybridized carbons (Fsp3) is 0.385. The van der Waals surface area contributed by atoms with E-state index >= 15 is 0 Å². The second-order valence-corrected chi connectivity index (χ2v) is 6.19. The van der Waals surface area contributed by atoms with Crippen molar-refractivity contribution >= 4 is 11.3 Å². The molecule has 0 bridgehead atoms. The average molecular weight is 250 g/mol. The summed E-state index contributed by atoms with van der Waals surface area (Å²) < 4.78 is 13.1. The third-order valence-corrected chi connectivity index (χ3v) is 3.14. The number of hydrogen-bond donors (Lipinski definition) is 0. The lowest BCUT2D eigenvalue weighted by atomic mass is 9.90. The van der Waals surface area contributed by atoms with Gasteiger partial charge in [-0.25, -0.2) is 9.37 Å². The van der Waals surface area contributed by atoms with Gasteiger partial charge in [0.15, 0.2) is 0 Å². The highest BCUT2D eigenvalue weighted by Gasteiger charge is 2.17. The minimum Gasteiger partial charge on any atom is -0.261 e. The summed E-state index contributed by atoms with van der Waals surface area (Å²) in [6, 6.07) is 1.48. The van der Waals surface area contributed by atoms with E-state index < -0.39 is 0 Å². The maximum Gasteiger partial charge on any atom is 0.142 e. The molecule has 0 aliphatic heterocycles. The maximum atomic E-state index is 13.1. The van der Waals surface area contributed by atoms with Crippen LogP contribution in [0.5, 0.6) is 0 Å². The van der Waals surface area contributed by atoms with Gasteiger partial charge >= 0.3 is 0 Å². The van der Waals surface area contributed by atoms with Crippen molar-refractivity contribution in [3.05, 3.63) is 34.7 Å². The zero-order valence-electron chi connectivity index (χ0n) is 10.2. The van der Waals surface area contributed by atoms with Gasteiger partial charge in [0.2, 0.25) is 0 Å². The van der Waals surface area contributed by atoms with Crippen molar-refractivity contribution in [2.45, 2.75) is 27.2 Å². The molecule has 0 radical (unpaired) electrons. The van der Waals surface area contributed by atoms with Gasteiger partial charge in [-0.3, -0.25) is 4.98 Å². The largest absolute Gasteiger partial charge is 0.261 e. The van der Waals surface area contributed by atoms with E-state index in [1.54, 1.807) is 23.0 Å². The zero-order valence-corrected chi connectivity index (χ0v) is 11.0. The second kappa shape index (κ2) is 4.53. The first kappa shape index (κ1) is 12.2. The molecule has 0 N–H and O–H groups in total. The normalized spacial score (nSPS) is 11.8. The van der Waals surface area contributed by atoms with E-state index in [9.17, 15) is 4.39 Å². The van der Waals surface area contributed by atoms with Gasteiger partial charge in [-0.05, 0) is 17.9 Å². The van der Waals surface area contributed by atoms with E-state index in [1.807, 2.05) is 0 Å². The predicted molar refractivity (Wildman–Crippen MR) is 68.5 cm³/mol. The quantitative estimate of drug-likeness (QED) is 0.807. The Labute approximate surface area is 105 Å². The smallest absolute Gasteiger partial charge is 0.142 e. The number of halogens is 1. The molecule has 2 nitrogen and oxygen atoms in total. The average Bonchev–Trinajstić information content (AvgIpc) is 2.63. The Balaban J connectivity index is 2.37. The van der Waals surface area contributed by atoms with Crippen molar-refractivity contribution in [3.63, 3.8) is 0 Å². The van der Waals surface area contributed by atoms with Gasteiger partial charge in [-0.15, -0.1) is 11.3 Å². The number of thiazole rings is 1. The molecule has 0 atom stereocenters. The van der Waals surface area contributed by atoms with Crippen molar-refractivity contribution in [2.24, 2.45) is 5.41 Å². The predicted octanol–water partition coefficient (Wildman–Crippen LogP) is 3.93. The minimum atomic E-state index is -0.322. The van der Waals surface area contributed by atoms with Crippen molar-refractivity contribution in [1.29, 1.82) is 0 Å². The maximum absolute atomic E-state index is 13.1. The molecule has 0 unspecified atom stereocenters. The van der Waals surface area contributed by atoms with Crippen molar-refractivity contribution in [2.75, 3.05) is 0 Å². The first-order chi connectivity index (χ1) is 7.96. The summed E-state index contributed by atoms with van der Waals surface area (Å²) in [5, 5.41) is 0. The molecule has 17 heavy (non-hydrogen) atoms. The number of pyridine rings is 1. The van der Waals surface area contributed by atoms with Crippen molar-refractivity contribution in [1.82, 2.24) is 9.97 Å². The van der Waals surface area contributed by atoms with Gasteiger partial charge < -0.3 is 0 Å². The Morgan fingerprint density at radius 3 is 2.71 bits per heavy atom. The molecule has 90 valence electrons. The number of aromatic nitrogens is 2. The Hall–Kier alpha value is -1.29. The van der Waals surface area contributed by atoms with E-state index in [-0.39, 0.29) is 11.2 Å². The first-order valence-corrected chi connectivity index (χ1v) is 6.37. The standard InChI is InChI=1S/C13H15FN2S/c1-13(2,3)5-11-12(16-8-17-11)9-4-10(14)7-15-6-9/h4,6-8H,5H2,1-3H3. The summed E-state index contributed by atoms with van der Waals surface area (Å²) in [6.45, 7) is 6.54.